The standard InChI is InChI=1S/C21H20N4O2/c1-25(2)19-11-5-15(6-12-19)20(26)23-17-7-9-18(10-8-17)24-21(27)16-4-3-13-22-14-16/h3-14H,1-2H3,(H,23,26)(H,24,27). The SMILES string of the molecule is CN(C)c1ccc(C(=O)Nc2ccc(NC(=O)c3cccnc3)cc2)cc1. The molecule has 2 amide bonds. The van der Waals surface area contributed by atoms with Crippen molar-refractivity contribution in [2.75, 3.05) is 29.6 Å². The molecule has 2 aromatic carbocycles. The highest BCUT2D eigenvalue weighted by Gasteiger charge is 2.08. The van der Waals surface area contributed by atoms with Gasteiger partial charge in [0, 0.05) is 49.1 Å². The Morgan fingerprint density at radius 3 is 1.81 bits per heavy atom. The zero-order chi connectivity index (χ0) is 19.2. The summed E-state index contributed by atoms with van der Waals surface area (Å²) in [4.78, 5) is 30.4. The molecule has 0 spiro atoms. The van der Waals surface area contributed by atoms with Crippen LogP contribution in [0.2, 0.25) is 0 Å². The van der Waals surface area contributed by atoms with Crippen molar-refractivity contribution < 1.29 is 9.59 Å². The van der Waals surface area contributed by atoms with Crippen LogP contribution in [-0.2, 0) is 0 Å². The smallest absolute Gasteiger partial charge is 0.257 e. The largest absolute Gasteiger partial charge is 0.378 e. The minimum atomic E-state index is -0.235. The molecule has 3 rings (SSSR count). The quantitative estimate of drug-likeness (QED) is 0.728. The molecule has 0 aliphatic carbocycles. The Hall–Kier alpha value is -3.67. The van der Waals surface area contributed by atoms with Crippen LogP contribution >= 0.6 is 0 Å². The van der Waals surface area contributed by atoms with Gasteiger partial charge in [0.25, 0.3) is 11.8 Å². The second kappa shape index (κ2) is 8.14. The van der Waals surface area contributed by atoms with Gasteiger partial charge in [-0.15, -0.1) is 0 Å². The van der Waals surface area contributed by atoms with Crippen molar-refractivity contribution in [2.24, 2.45) is 0 Å². The van der Waals surface area contributed by atoms with Crippen LogP contribution in [0.3, 0.4) is 0 Å². The van der Waals surface area contributed by atoms with Crippen molar-refractivity contribution in [3.05, 3.63) is 84.2 Å². The number of pyridine rings is 1. The molecule has 1 aromatic heterocycles. The Kier molecular flexibility index (Phi) is 5.47. The first kappa shape index (κ1) is 18.1. The molecule has 0 saturated carbocycles. The molecule has 0 radical (unpaired) electrons. The maximum absolute atomic E-state index is 12.3. The van der Waals surface area contributed by atoms with Crippen LogP contribution in [0.25, 0.3) is 0 Å². The van der Waals surface area contributed by atoms with Gasteiger partial charge in [-0.05, 0) is 60.7 Å². The van der Waals surface area contributed by atoms with Gasteiger partial charge in [-0.3, -0.25) is 14.6 Å². The maximum atomic E-state index is 12.3. The summed E-state index contributed by atoms with van der Waals surface area (Å²) in [5.41, 5.74) is 3.37. The zero-order valence-corrected chi connectivity index (χ0v) is 15.1. The molecule has 0 atom stereocenters. The molecule has 2 N–H and O–H groups in total. The Morgan fingerprint density at radius 2 is 1.33 bits per heavy atom. The summed E-state index contributed by atoms with van der Waals surface area (Å²) in [7, 11) is 3.90. The monoisotopic (exact) mass is 360 g/mol. The maximum Gasteiger partial charge on any atom is 0.257 e. The number of nitrogens with zero attached hydrogens (tertiary/aromatic N) is 2. The molecule has 0 saturated heterocycles. The molecule has 3 aromatic rings. The van der Waals surface area contributed by atoms with Gasteiger partial charge in [0.2, 0.25) is 0 Å². The predicted octanol–water partition coefficient (Wildman–Crippen LogP) is 3.65. The van der Waals surface area contributed by atoms with Crippen molar-refractivity contribution in [1.29, 1.82) is 0 Å². The first-order valence-corrected chi connectivity index (χ1v) is 8.43. The lowest BCUT2D eigenvalue weighted by molar-refractivity contribution is 0.101. The third-order valence-corrected chi connectivity index (χ3v) is 3.97. The molecule has 136 valence electrons. The molecular formula is C21H20N4O2. The number of anilines is 3. The van der Waals surface area contributed by atoms with E-state index in [1.807, 2.05) is 31.1 Å². The van der Waals surface area contributed by atoms with Crippen LogP contribution < -0.4 is 15.5 Å². The minimum absolute atomic E-state index is 0.188. The molecule has 0 fully saturated rings. The summed E-state index contributed by atoms with van der Waals surface area (Å²) in [6.07, 6.45) is 3.12. The number of aromatic nitrogens is 1. The van der Waals surface area contributed by atoms with Crippen LogP contribution in [-0.4, -0.2) is 30.9 Å². The van der Waals surface area contributed by atoms with Gasteiger partial charge in [0.15, 0.2) is 0 Å². The fraction of sp³-hybridized carbons (Fsp3) is 0.0952. The highest BCUT2D eigenvalue weighted by atomic mass is 16.2. The first-order chi connectivity index (χ1) is 13.0. The van der Waals surface area contributed by atoms with E-state index in [2.05, 4.69) is 15.6 Å². The van der Waals surface area contributed by atoms with Crippen LogP contribution in [0.15, 0.2) is 73.1 Å². The topological polar surface area (TPSA) is 74.3 Å². The summed E-state index contributed by atoms with van der Waals surface area (Å²) in [5.74, 6) is -0.423. The summed E-state index contributed by atoms with van der Waals surface area (Å²) in [5, 5.41) is 5.63. The number of nitrogens with one attached hydrogen (secondary N) is 2. The van der Waals surface area contributed by atoms with E-state index in [-0.39, 0.29) is 11.8 Å². The van der Waals surface area contributed by atoms with Gasteiger partial charge in [-0.2, -0.15) is 0 Å². The molecule has 0 aliphatic heterocycles. The zero-order valence-electron chi connectivity index (χ0n) is 15.1. The van der Waals surface area contributed by atoms with E-state index < -0.39 is 0 Å². The van der Waals surface area contributed by atoms with Crippen LogP contribution in [0.5, 0.6) is 0 Å². The van der Waals surface area contributed by atoms with Crippen molar-refractivity contribution in [1.82, 2.24) is 4.98 Å². The van der Waals surface area contributed by atoms with Crippen molar-refractivity contribution in [2.45, 2.75) is 0 Å². The van der Waals surface area contributed by atoms with Gasteiger partial charge >= 0.3 is 0 Å². The van der Waals surface area contributed by atoms with Crippen LogP contribution in [0, 0.1) is 0 Å². The van der Waals surface area contributed by atoms with E-state index in [9.17, 15) is 9.59 Å². The van der Waals surface area contributed by atoms with Gasteiger partial charge in [-0.1, -0.05) is 0 Å². The van der Waals surface area contributed by atoms with E-state index in [0.717, 1.165) is 5.69 Å². The highest BCUT2D eigenvalue weighted by Crippen LogP contribution is 2.17. The van der Waals surface area contributed by atoms with Crippen molar-refractivity contribution in [3.8, 4) is 0 Å². The van der Waals surface area contributed by atoms with Crippen molar-refractivity contribution in [3.63, 3.8) is 0 Å². The number of hydrogen-bond donors (Lipinski definition) is 2. The summed E-state index contributed by atoms with van der Waals surface area (Å²) in [6.45, 7) is 0. The average Bonchev–Trinajstić information content (AvgIpc) is 2.70. The molecule has 6 nitrogen and oxygen atoms in total. The number of amides is 2. The second-order valence-corrected chi connectivity index (χ2v) is 6.17. The first-order valence-electron chi connectivity index (χ1n) is 8.43. The molecule has 0 unspecified atom stereocenters. The molecule has 1 heterocycles. The van der Waals surface area contributed by atoms with Crippen LogP contribution in [0.1, 0.15) is 20.7 Å². The molecule has 0 bridgehead atoms. The lowest BCUT2D eigenvalue weighted by Gasteiger charge is -2.12. The molecule has 27 heavy (non-hydrogen) atoms. The van der Waals surface area contributed by atoms with Gasteiger partial charge in [-0.25, -0.2) is 0 Å². The van der Waals surface area contributed by atoms with E-state index in [4.69, 9.17) is 0 Å². The average molecular weight is 360 g/mol. The van der Waals surface area contributed by atoms with Gasteiger partial charge in [0.05, 0.1) is 5.56 Å². The number of hydrogen-bond acceptors (Lipinski definition) is 4. The number of rotatable bonds is 5. The van der Waals surface area contributed by atoms with Gasteiger partial charge in [0.1, 0.15) is 0 Å². The van der Waals surface area contributed by atoms with E-state index >= 15 is 0 Å². The lowest BCUT2D eigenvalue weighted by Crippen LogP contribution is -2.14. The summed E-state index contributed by atoms with van der Waals surface area (Å²) >= 11 is 0. The highest BCUT2D eigenvalue weighted by molar-refractivity contribution is 6.05. The Labute approximate surface area is 157 Å². The Balaban J connectivity index is 1.61. The molecular weight excluding hydrogens is 340 g/mol. The van der Waals surface area contributed by atoms with E-state index in [0.29, 0.717) is 22.5 Å². The summed E-state index contributed by atoms with van der Waals surface area (Å²) in [6, 6.07) is 17.7. The van der Waals surface area contributed by atoms with E-state index in [1.54, 1.807) is 54.7 Å². The minimum Gasteiger partial charge on any atom is -0.378 e. The second-order valence-electron chi connectivity index (χ2n) is 6.17. The lowest BCUT2D eigenvalue weighted by atomic mass is 10.2. The fourth-order valence-corrected chi connectivity index (χ4v) is 2.45. The fourth-order valence-electron chi connectivity index (χ4n) is 2.45. The van der Waals surface area contributed by atoms with Crippen LogP contribution in [0.4, 0.5) is 17.1 Å². The third-order valence-electron chi connectivity index (χ3n) is 3.97. The molecule has 0 aliphatic rings. The van der Waals surface area contributed by atoms with Gasteiger partial charge < -0.3 is 15.5 Å². The van der Waals surface area contributed by atoms with E-state index in [1.165, 1.54) is 6.20 Å². The molecule has 6 heteroatoms. The van der Waals surface area contributed by atoms with Crippen molar-refractivity contribution >= 4 is 28.9 Å². The summed E-state index contributed by atoms with van der Waals surface area (Å²) < 4.78 is 0. The predicted molar refractivity (Wildman–Crippen MR) is 107 cm³/mol. The number of carbonyl (C=O) groups excluding carboxylic acids is 2. The Morgan fingerprint density at radius 1 is 0.778 bits per heavy atom. The number of carbonyl (C=O) groups is 2. The normalized spacial score (nSPS) is 10.1. The third kappa shape index (κ3) is 4.70. The Bertz CT molecular complexity index is 921. The number of benzene rings is 2.